The summed E-state index contributed by atoms with van der Waals surface area (Å²) >= 11 is 2.95. The largest absolute Gasteiger partial charge is 0.292 e. The van der Waals surface area contributed by atoms with Gasteiger partial charge in [0, 0.05) is 29.9 Å². The molecule has 0 saturated carbocycles. The van der Waals surface area contributed by atoms with E-state index in [1.54, 1.807) is 24.5 Å². The molecule has 0 aliphatic carbocycles. The number of hydrogen-bond donors (Lipinski definition) is 1. The molecule has 0 bridgehead atoms. The Kier molecular flexibility index (Phi) is 3.68. The Bertz CT molecular complexity index is 972. The van der Waals surface area contributed by atoms with E-state index in [9.17, 15) is 4.79 Å². The molecule has 23 heavy (non-hydrogen) atoms. The number of para-hydroxylation sites is 1. The van der Waals surface area contributed by atoms with Crippen molar-refractivity contribution >= 4 is 33.3 Å². The number of H-pyrrole nitrogens is 1. The first kappa shape index (κ1) is 14.2. The number of aromatic amines is 1. The van der Waals surface area contributed by atoms with Crippen LogP contribution in [0.4, 0.5) is 0 Å². The Morgan fingerprint density at radius 1 is 1.17 bits per heavy atom. The van der Waals surface area contributed by atoms with Crippen molar-refractivity contribution in [2.24, 2.45) is 0 Å². The van der Waals surface area contributed by atoms with Crippen molar-refractivity contribution in [1.82, 2.24) is 24.7 Å². The lowest BCUT2D eigenvalue weighted by atomic mass is 10.3. The van der Waals surface area contributed by atoms with Crippen LogP contribution in [0.3, 0.4) is 0 Å². The van der Waals surface area contributed by atoms with E-state index in [1.165, 1.54) is 27.8 Å². The molecule has 0 spiro atoms. The van der Waals surface area contributed by atoms with E-state index in [-0.39, 0.29) is 5.56 Å². The third kappa shape index (κ3) is 2.90. The van der Waals surface area contributed by atoms with Crippen molar-refractivity contribution in [2.45, 2.75) is 10.9 Å². The zero-order valence-corrected chi connectivity index (χ0v) is 13.5. The zero-order valence-electron chi connectivity index (χ0n) is 11.8. The number of benzene rings is 1. The average Bonchev–Trinajstić information content (AvgIpc) is 3.17. The maximum atomic E-state index is 12.2. The highest BCUT2D eigenvalue weighted by Gasteiger charge is 2.10. The van der Waals surface area contributed by atoms with Crippen LogP contribution < -0.4 is 5.56 Å². The molecule has 0 atom stereocenters. The molecule has 114 valence electrons. The molecule has 1 aromatic carbocycles. The van der Waals surface area contributed by atoms with Crippen LogP contribution in [0.25, 0.3) is 15.3 Å². The Balaban J connectivity index is 1.60. The molecule has 3 aromatic heterocycles. The van der Waals surface area contributed by atoms with Crippen LogP contribution in [0.15, 0.2) is 58.7 Å². The maximum absolute atomic E-state index is 12.2. The molecule has 1 N–H and O–H groups in total. The minimum Gasteiger partial charge on any atom is -0.292 e. The van der Waals surface area contributed by atoms with Crippen LogP contribution in [-0.4, -0.2) is 24.7 Å². The van der Waals surface area contributed by atoms with Crippen molar-refractivity contribution in [3.8, 4) is 5.13 Å². The van der Waals surface area contributed by atoms with E-state index in [4.69, 9.17) is 0 Å². The number of fused-ring (bicyclic) bond motifs is 1. The molecule has 0 amide bonds. The van der Waals surface area contributed by atoms with Gasteiger partial charge in [-0.15, -0.1) is 0 Å². The third-order valence-electron chi connectivity index (χ3n) is 3.15. The quantitative estimate of drug-likeness (QED) is 0.456. The predicted molar refractivity (Wildman–Crippen MR) is 91.2 cm³/mol. The lowest BCUT2D eigenvalue weighted by Crippen LogP contribution is -2.12. The molecule has 0 radical (unpaired) electrons. The molecular formula is C15H11N5OS2. The average molecular weight is 341 g/mol. The van der Waals surface area contributed by atoms with Crippen LogP contribution in [0.2, 0.25) is 0 Å². The Hall–Kier alpha value is -2.45. The standard InChI is InChI=1S/C15H11N5OS2/c21-13-8-10(9-22-14-16-6-3-7-17-14)19-20(13)15-18-11-4-1-2-5-12(11)23-15/h1-8,19H,9H2. The highest BCUT2D eigenvalue weighted by Crippen LogP contribution is 2.23. The van der Waals surface area contributed by atoms with Crippen LogP contribution in [-0.2, 0) is 5.75 Å². The molecule has 0 aliphatic rings. The molecule has 6 nitrogen and oxygen atoms in total. The van der Waals surface area contributed by atoms with Crippen molar-refractivity contribution in [2.75, 3.05) is 0 Å². The van der Waals surface area contributed by atoms with Crippen molar-refractivity contribution in [3.63, 3.8) is 0 Å². The maximum Gasteiger partial charge on any atom is 0.273 e. The lowest BCUT2D eigenvalue weighted by molar-refractivity contribution is 0.826. The molecule has 4 rings (SSSR count). The highest BCUT2D eigenvalue weighted by molar-refractivity contribution is 7.98. The molecule has 0 aliphatic heterocycles. The van der Waals surface area contributed by atoms with Gasteiger partial charge >= 0.3 is 0 Å². The van der Waals surface area contributed by atoms with E-state index in [2.05, 4.69) is 20.1 Å². The predicted octanol–water partition coefficient (Wildman–Crippen LogP) is 2.86. The fraction of sp³-hybridized carbons (Fsp3) is 0.0667. The monoisotopic (exact) mass is 341 g/mol. The van der Waals surface area contributed by atoms with Crippen LogP contribution >= 0.6 is 23.1 Å². The molecule has 0 unspecified atom stereocenters. The second-order valence-electron chi connectivity index (χ2n) is 4.74. The molecule has 0 saturated heterocycles. The zero-order chi connectivity index (χ0) is 15.6. The van der Waals surface area contributed by atoms with E-state index in [0.29, 0.717) is 16.0 Å². The molecule has 4 aromatic rings. The van der Waals surface area contributed by atoms with Crippen molar-refractivity contribution in [3.05, 3.63) is 64.8 Å². The minimum atomic E-state index is -0.117. The molecule has 0 fully saturated rings. The van der Waals surface area contributed by atoms with Crippen LogP contribution in [0.1, 0.15) is 5.69 Å². The van der Waals surface area contributed by atoms with E-state index < -0.39 is 0 Å². The number of nitrogens with zero attached hydrogens (tertiary/aromatic N) is 4. The Morgan fingerprint density at radius 3 is 2.83 bits per heavy atom. The summed E-state index contributed by atoms with van der Waals surface area (Å²) in [4.78, 5) is 25.0. The van der Waals surface area contributed by atoms with E-state index in [0.717, 1.165) is 15.9 Å². The summed E-state index contributed by atoms with van der Waals surface area (Å²) in [7, 11) is 0. The summed E-state index contributed by atoms with van der Waals surface area (Å²) in [5, 5.41) is 4.43. The van der Waals surface area contributed by atoms with Gasteiger partial charge in [0.15, 0.2) is 5.16 Å². The number of nitrogens with one attached hydrogen (secondary N) is 1. The number of rotatable bonds is 4. The second-order valence-corrected chi connectivity index (χ2v) is 6.69. The number of hydrogen-bond acceptors (Lipinski definition) is 6. The van der Waals surface area contributed by atoms with Gasteiger partial charge in [-0.2, -0.15) is 4.68 Å². The number of thioether (sulfide) groups is 1. The topological polar surface area (TPSA) is 76.5 Å². The van der Waals surface area contributed by atoms with E-state index >= 15 is 0 Å². The number of aromatic nitrogens is 5. The highest BCUT2D eigenvalue weighted by atomic mass is 32.2. The van der Waals surface area contributed by atoms with Gasteiger partial charge in [0.25, 0.3) is 5.56 Å². The first-order valence-electron chi connectivity index (χ1n) is 6.86. The number of thiazole rings is 1. The van der Waals surface area contributed by atoms with Crippen LogP contribution in [0.5, 0.6) is 0 Å². The fourth-order valence-electron chi connectivity index (χ4n) is 2.12. The van der Waals surface area contributed by atoms with Crippen molar-refractivity contribution in [1.29, 1.82) is 0 Å². The van der Waals surface area contributed by atoms with E-state index in [1.807, 2.05) is 24.3 Å². The molecule has 3 heterocycles. The third-order valence-corrected chi connectivity index (χ3v) is 5.09. The Morgan fingerprint density at radius 2 is 2.00 bits per heavy atom. The van der Waals surface area contributed by atoms with Gasteiger partial charge < -0.3 is 0 Å². The van der Waals surface area contributed by atoms with Gasteiger partial charge in [0.1, 0.15) is 0 Å². The summed E-state index contributed by atoms with van der Waals surface area (Å²) in [6, 6.07) is 11.2. The van der Waals surface area contributed by atoms with Gasteiger partial charge in [-0.05, 0) is 18.2 Å². The summed E-state index contributed by atoms with van der Waals surface area (Å²) in [6.07, 6.45) is 3.40. The first-order chi connectivity index (χ1) is 11.3. The SMILES string of the molecule is O=c1cc(CSc2ncccn2)[nH]n1-c1nc2ccccc2s1. The lowest BCUT2D eigenvalue weighted by Gasteiger charge is -1.98. The van der Waals surface area contributed by atoms with Crippen molar-refractivity contribution < 1.29 is 0 Å². The van der Waals surface area contributed by atoms with Gasteiger partial charge in [0.05, 0.1) is 10.2 Å². The minimum absolute atomic E-state index is 0.117. The smallest absolute Gasteiger partial charge is 0.273 e. The second kappa shape index (κ2) is 5.98. The van der Waals surface area contributed by atoms with Gasteiger partial charge in [-0.3, -0.25) is 9.89 Å². The normalized spacial score (nSPS) is 11.1. The molecule has 8 heteroatoms. The van der Waals surface area contributed by atoms with Gasteiger partial charge in [-0.1, -0.05) is 35.2 Å². The summed E-state index contributed by atoms with van der Waals surface area (Å²) in [6.45, 7) is 0. The Labute approximate surface area is 139 Å². The summed E-state index contributed by atoms with van der Waals surface area (Å²) in [5.74, 6) is 0.594. The summed E-state index contributed by atoms with van der Waals surface area (Å²) in [5.41, 5.74) is 1.59. The van der Waals surface area contributed by atoms with Crippen LogP contribution in [0, 0.1) is 0 Å². The van der Waals surface area contributed by atoms with Gasteiger partial charge in [0.2, 0.25) is 5.13 Å². The molecular weight excluding hydrogens is 330 g/mol. The fourth-order valence-corrected chi connectivity index (χ4v) is 3.75. The summed E-state index contributed by atoms with van der Waals surface area (Å²) < 4.78 is 2.53. The van der Waals surface area contributed by atoms with Gasteiger partial charge in [-0.25, -0.2) is 15.0 Å². The first-order valence-corrected chi connectivity index (χ1v) is 8.66.